The molecule has 0 fully saturated rings. The van der Waals surface area contributed by atoms with Crippen LogP contribution in [0.15, 0.2) is 21.1 Å². The highest BCUT2D eigenvalue weighted by atomic mass is 79.9. The van der Waals surface area contributed by atoms with Gasteiger partial charge in [0.15, 0.2) is 0 Å². The van der Waals surface area contributed by atoms with Crippen molar-refractivity contribution >= 4 is 47.8 Å². The van der Waals surface area contributed by atoms with Gasteiger partial charge in [0.25, 0.3) is 0 Å². The number of methoxy groups -OCH3 is 1. The van der Waals surface area contributed by atoms with Crippen molar-refractivity contribution < 1.29 is 4.74 Å². The van der Waals surface area contributed by atoms with Gasteiger partial charge in [-0.2, -0.15) is 0 Å². The fourth-order valence-electron chi connectivity index (χ4n) is 1.68. The molecule has 1 aromatic rings. The molecule has 0 aliphatic rings. The number of aryl methyl sites for hydroxylation is 1. The average molecular weight is 429 g/mol. The molecule has 0 spiro atoms. The van der Waals surface area contributed by atoms with Crippen LogP contribution in [0, 0.1) is 0 Å². The van der Waals surface area contributed by atoms with Crippen LogP contribution in [-0.2, 0) is 6.42 Å². The Morgan fingerprint density at radius 1 is 1.00 bits per heavy atom. The Hall–Kier alpha value is 0.460. The maximum Gasteiger partial charge on any atom is 0.134 e. The second-order valence-corrected chi connectivity index (χ2v) is 6.43. The fourth-order valence-corrected chi connectivity index (χ4v) is 3.15. The second-order valence-electron chi connectivity index (χ2n) is 3.93. The van der Waals surface area contributed by atoms with Crippen LogP contribution in [0.2, 0.25) is 0 Å². The van der Waals surface area contributed by atoms with Crippen molar-refractivity contribution in [2.24, 2.45) is 0 Å². The van der Waals surface area contributed by atoms with E-state index in [1.54, 1.807) is 7.11 Å². The summed E-state index contributed by atoms with van der Waals surface area (Å²) in [6.07, 6.45) is 6.23. The van der Waals surface area contributed by atoms with Crippen LogP contribution in [0.3, 0.4) is 0 Å². The van der Waals surface area contributed by atoms with Crippen LogP contribution >= 0.6 is 47.8 Å². The highest BCUT2D eigenvalue weighted by molar-refractivity contribution is 9.11. The van der Waals surface area contributed by atoms with Crippen molar-refractivity contribution in [2.45, 2.75) is 32.1 Å². The van der Waals surface area contributed by atoms with Crippen LogP contribution in [0.1, 0.15) is 31.2 Å². The number of unbranched alkanes of at least 4 members (excludes halogenated alkanes) is 3. The van der Waals surface area contributed by atoms with Crippen LogP contribution in [0.25, 0.3) is 0 Å². The third-order valence-corrected chi connectivity index (χ3v) is 4.57. The number of benzene rings is 1. The van der Waals surface area contributed by atoms with Crippen molar-refractivity contribution in [3.05, 3.63) is 26.6 Å². The molecule has 0 aliphatic heterocycles. The lowest BCUT2D eigenvalue weighted by Gasteiger charge is -2.09. The standard InChI is InChI=1S/C13H17Br3O/c1-17-13-9-11(15)10(8-12(13)16)6-4-2-3-5-7-14/h8-9H,2-7H2,1H3. The summed E-state index contributed by atoms with van der Waals surface area (Å²) in [5.74, 6) is 0.875. The molecule has 1 nitrogen and oxygen atoms in total. The first-order valence-electron chi connectivity index (χ1n) is 5.77. The maximum atomic E-state index is 5.26. The topological polar surface area (TPSA) is 9.23 Å². The average Bonchev–Trinajstić information content (AvgIpc) is 2.32. The molecule has 96 valence electrons. The monoisotopic (exact) mass is 426 g/mol. The summed E-state index contributed by atoms with van der Waals surface area (Å²) < 4.78 is 7.42. The van der Waals surface area contributed by atoms with Gasteiger partial charge in [-0.25, -0.2) is 0 Å². The Morgan fingerprint density at radius 2 is 1.71 bits per heavy atom. The van der Waals surface area contributed by atoms with Crippen LogP contribution < -0.4 is 4.74 Å². The summed E-state index contributed by atoms with van der Waals surface area (Å²) in [6.45, 7) is 0. The zero-order chi connectivity index (χ0) is 12.7. The molecule has 0 N–H and O–H groups in total. The Kier molecular flexibility index (Phi) is 7.80. The van der Waals surface area contributed by atoms with Crippen LogP contribution in [0.5, 0.6) is 5.75 Å². The second kappa shape index (κ2) is 8.54. The third kappa shape index (κ3) is 5.31. The molecule has 1 aromatic carbocycles. The molecule has 0 amide bonds. The van der Waals surface area contributed by atoms with E-state index in [1.165, 1.54) is 31.2 Å². The van der Waals surface area contributed by atoms with Crippen molar-refractivity contribution in [3.8, 4) is 5.75 Å². The predicted molar refractivity (Wildman–Crippen MR) is 84.4 cm³/mol. The highest BCUT2D eigenvalue weighted by Gasteiger charge is 2.06. The molecule has 0 bridgehead atoms. The lowest BCUT2D eigenvalue weighted by atomic mass is 10.1. The van der Waals surface area contributed by atoms with E-state index in [4.69, 9.17) is 4.74 Å². The summed E-state index contributed by atoms with van der Waals surface area (Å²) in [5.41, 5.74) is 1.34. The lowest BCUT2D eigenvalue weighted by Crippen LogP contribution is -1.91. The minimum absolute atomic E-state index is 0.875. The Bertz CT molecular complexity index is 353. The fraction of sp³-hybridized carbons (Fsp3) is 0.538. The lowest BCUT2D eigenvalue weighted by molar-refractivity contribution is 0.411. The Morgan fingerprint density at radius 3 is 2.35 bits per heavy atom. The summed E-state index contributed by atoms with van der Waals surface area (Å²) in [6, 6.07) is 4.17. The number of halogens is 3. The van der Waals surface area contributed by atoms with Crippen molar-refractivity contribution in [2.75, 3.05) is 12.4 Å². The van der Waals surface area contributed by atoms with E-state index in [9.17, 15) is 0 Å². The van der Waals surface area contributed by atoms with Crippen molar-refractivity contribution in [3.63, 3.8) is 0 Å². The zero-order valence-electron chi connectivity index (χ0n) is 9.94. The Labute approximate surface area is 129 Å². The van der Waals surface area contributed by atoms with Gasteiger partial charge in [0, 0.05) is 9.80 Å². The smallest absolute Gasteiger partial charge is 0.134 e. The molecule has 0 aliphatic carbocycles. The SMILES string of the molecule is COc1cc(Br)c(CCCCCCBr)cc1Br. The van der Waals surface area contributed by atoms with E-state index in [0.29, 0.717) is 0 Å². The van der Waals surface area contributed by atoms with Gasteiger partial charge >= 0.3 is 0 Å². The minimum Gasteiger partial charge on any atom is -0.496 e. The van der Waals surface area contributed by atoms with Gasteiger partial charge in [-0.05, 0) is 52.9 Å². The first kappa shape index (κ1) is 15.5. The molecule has 1 rings (SSSR count). The molecule has 0 unspecified atom stereocenters. The van der Waals surface area contributed by atoms with Gasteiger partial charge in [-0.3, -0.25) is 0 Å². The molecule has 0 heterocycles. The van der Waals surface area contributed by atoms with Gasteiger partial charge in [0.1, 0.15) is 5.75 Å². The summed E-state index contributed by atoms with van der Waals surface area (Å²) >= 11 is 10.6. The van der Waals surface area contributed by atoms with Crippen LogP contribution in [0.4, 0.5) is 0 Å². The molecular weight excluding hydrogens is 412 g/mol. The molecule has 0 saturated carbocycles. The van der Waals surface area contributed by atoms with E-state index in [0.717, 1.165) is 26.4 Å². The Balaban J connectivity index is 2.51. The van der Waals surface area contributed by atoms with Crippen molar-refractivity contribution in [1.82, 2.24) is 0 Å². The molecule has 17 heavy (non-hydrogen) atoms. The zero-order valence-corrected chi connectivity index (χ0v) is 14.7. The van der Waals surface area contributed by atoms with Crippen LogP contribution in [-0.4, -0.2) is 12.4 Å². The number of ether oxygens (including phenoxy) is 1. The summed E-state index contributed by atoms with van der Waals surface area (Å²) in [4.78, 5) is 0. The number of rotatable bonds is 7. The first-order valence-corrected chi connectivity index (χ1v) is 8.47. The third-order valence-electron chi connectivity index (χ3n) is 2.65. The van der Waals surface area contributed by atoms with E-state index >= 15 is 0 Å². The first-order chi connectivity index (χ1) is 8.19. The molecule has 0 aromatic heterocycles. The number of hydrogen-bond acceptors (Lipinski definition) is 1. The molecular formula is C13H17Br3O. The minimum atomic E-state index is 0.875. The van der Waals surface area contributed by atoms with Crippen molar-refractivity contribution in [1.29, 1.82) is 0 Å². The van der Waals surface area contributed by atoms with Gasteiger partial charge < -0.3 is 4.74 Å². The van der Waals surface area contributed by atoms with E-state index in [1.807, 2.05) is 6.07 Å². The van der Waals surface area contributed by atoms with Gasteiger partial charge in [-0.1, -0.05) is 44.7 Å². The molecule has 0 saturated heterocycles. The molecule has 0 atom stereocenters. The summed E-state index contributed by atoms with van der Waals surface area (Å²) in [5, 5.41) is 1.12. The number of hydrogen-bond donors (Lipinski definition) is 0. The van der Waals surface area contributed by atoms with E-state index in [-0.39, 0.29) is 0 Å². The molecule has 0 radical (unpaired) electrons. The maximum absolute atomic E-state index is 5.26. The predicted octanol–water partition coefficient (Wildman–Crippen LogP) is 5.72. The largest absolute Gasteiger partial charge is 0.496 e. The number of alkyl halides is 1. The van der Waals surface area contributed by atoms with Gasteiger partial charge in [-0.15, -0.1) is 0 Å². The van der Waals surface area contributed by atoms with E-state index < -0.39 is 0 Å². The van der Waals surface area contributed by atoms with E-state index in [2.05, 4.69) is 53.9 Å². The summed E-state index contributed by atoms with van der Waals surface area (Å²) in [7, 11) is 1.69. The van der Waals surface area contributed by atoms with Gasteiger partial charge in [0.2, 0.25) is 0 Å². The normalized spacial score (nSPS) is 10.6. The molecule has 4 heteroatoms. The quantitative estimate of drug-likeness (QED) is 0.398. The van der Waals surface area contributed by atoms with Gasteiger partial charge in [0.05, 0.1) is 11.6 Å². The highest BCUT2D eigenvalue weighted by Crippen LogP contribution is 2.32.